The van der Waals surface area contributed by atoms with Crippen molar-refractivity contribution < 1.29 is 9.90 Å². The van der Waals surface area contributed by atoms with Gasteiger partial charge in [-0.2, -0.15) is 5.10 Å². The maximum atomic E-state index is 12.7. The topological polar surface area (TPSA) is 78.0 Å². The van der Waals surface area contributed by atoms with Crippen molar-refractivity contribution in [1.29, 1.82) is 0 Å². The number of H-pyrrole nitrogens is 1. The number of aliphatic hydroxyl groups is 1. The number of benzene rings is 2. The molecular formula is C27H35N3O2. The van der Waals surface area contributed by atoms with Crippen LogP contribution in [0.4, 0.5) is 0 Å². The van der Waals surface area contributed by atoms with E-state index in [0.29, 0.717) is 11.6 Å². The summed E-state index contributed by atoms with van der Waals surface area (Å²) in [5.74, 6) is 0.242. The minimum atomic E-state index is -0.418. The zero-order chi connectivity index (χ0) is 22.8. The fourth-order valence-electron chi connectivity index (χ4n) is 4.26. The third kappa shape index (κ3) is 6.07. The lowest BCUT2D eigenvalue weighted by molar-refractivity contribution is 0.0910. The molecule has 5 nitrogen and oxygen atoms in total. The van der Waals surface area contributed by atoms with Gasteiger partial charge in [0.2, 0.25) is 0 Å². The highest BCUT2D eigenvalue weighted by atomic mass is 16.3. The SMILES string of the molecule is CC[C@H]1CCCCc2c(C(=O)N[C@@H](CO)c3ccccc3)n[nH]c21.CCc1ccccc1. The van der Waals surface area contributed by atoms with Gasteiger partial charge in [-0.3, -0.25) is 9.89 Å². The number of nitrogens with zero attached hydrogens (tertiary/aromatic N) is 1. The van der Waals surface area contributed by atoms with Crippen molar-refractivity contribution in [3.63, 3.8) is 0 Å². The smallest absolute Gasteiger partial charge is 0.272 e. The van der Waals surface area contributed by atoms with Crippen LogP contribution in [0.25, 0.3) is 0 Å². The van der Waals surface area contributed by atoms with E-state index < -0.39 is 6.04 Å². The van der Waals surface area contributed by atoms with Gasteiger partial charge in [0.15, 0.2) is 5.69 Å². The molecule has 170 valence electrons. The van der Waals surface area contributed by atoms with Crippen LogP contribution in [-0.2, 0) is 12.8 Å². The quantitative estimate of drug-likeness (QED) is 0.459. The number of nitrogens with one attached hydrogen (secondary N) is 2. The molecule has 4 rings (SSSR count). The number of carbonyl (C=O) groups excluding carboxylic acids is 1. The average Bonchev–Trinajstić information content (AvgIpc) is 3.17. The molecule has 0 unspecified atom stereocenters. The number of aromatic amines is 1. The zero-order valence-electron chi connectivity index (χ0n) is 19.2. The first kappa shape index (κ1) is 23.7. The van der Waals surface area contributed by atoms with Gasteiger partial charge in [0, 0.05) is 17.2 Å². The Bertz CT molecular complexity index is 954. The Morgan fingerprint density at radius 2 is 1.78 bits per heavy atom. The Morgan fingerprint density at radius 3 is 2.38 bits per heavy atom. The summed E-state index contributed by atoms with van der Waals surface area (Å²) >= 11 is 0. The Morgan fingerprint density at radius 1 is 1.09 bits per heavy atom. The molecule has 0 fully saturated rings. The van der Waals surface area contributed by atoms with Crippen molar-refractivity contribution in [2.24, 2.45) is 0 Å². The number of amides is 1. The molecule has 1 amide bonds. The molecule has 0 saturated carbocycles. The van der Waals surface area contributed by atoms with Crippen LogP contribution < -0.4 is 5.32 Å². The summed E-state index contributed by atoms with van der Waals surface area (Å²) in [5.41, 5.74) is 4.97. The Kier molecular flexibility index (Phi) is 9.05. The summed E-state index contributed by atoms with van der Waals surface area (Å²) in [7, 11) is 0. The Balaban J connectivity index is 0.000000305. The van der Waals surface area contributed by atoms with Crippen molar-refractivity contribution in [3.05, 3.63) is 88.7 Å². The van der Waals surface area contributed by atoms with Crippen molar-refractivity contribution >= 4 is 5.91 Å². The summed E-state index contributed by atoms with van der Waals surface area (Å²) in [4.78, 5) is 12.7. The largest absolute Gasteiger partial charge is 0.394 e. The predicted molar refractivity (Wildman–Crippen MR) is 129 cm³/mol. The third-order valence-corrected chi connectivity index (χ3v) is 6.19. The zero-order valence-corrected chi connectivity index (χ0v) is 19.2. The van der Waals surface area contributed by atoms with Gasteiger partial charge in [0.1, 0.15) is 0 Å². The second kappa shape index (κ2) is 12.2. The van der Waals surface area contributed by atoms with Gasteiger partial charge in [0.25, 0.3) is 5.91 Å². The third-order valence-electron chi connectivity index (χ3n) is 6.19. The molecule has 32 heavy (non-hydrogen) atoms. The fourth-order valence-corrected chi connectivity index (χ4v) is 4.26. The normalized spacial score (nSPS) is 16.2. The molecule has 2 atom stereocenters. The Hall–Kier alpha value is -2.92. The number of hydrogen-bond acceptors (Lipinski definition) is 3. The van der Waals surface area contributed by atoms with Crippen molar-refractivity contribution in [2.75, 3.05) is 6.61 Å². The number of fused-ring (bicyclic) bond motifs is 1. The molecule has 1 aromatic heterocycles. The minimum Gasteiger partial charge on any atom is -0.394 e. The van der Waals surface area contributed by atoms with E-state index in [1.54, 1.807) is 0 Å². The highest BCUT2D eigenvalue weighted by Crippen LogP contribution is 2.32. The van der Waals surface area contributed by atoms with Crippen LogP contribution in [0.3, 0.4) is 0 Å². The molecular weight excluding hydrogens is 398 g/mol. The van der Waals surface area contributed by atoms with Crippen LogP contribution in [0.2, 0.25) is 0 Å². The fraction of sp³-hybridized carbons (Fsp3) is 0.407. The molecule has 0 radical (unpaired) electrons. The number of aliphatic hydroxyl groups excluding tert-OH is 1. The molecule has 3 aromatic rings. The van der Waals surface area contributed by atoms with Crippen LogP contribution in [-0.4, -0.2) is 27.8 Å². The van der Waals surface area contributed by atoms with E-state index >= 15 is 0 Å². The van der Waals surface area contributed by atoms with E-state index in [0.717, 1.165) is 48.9 Å². The molecule has 0 aliphatic heterocycles. The summed E-state index contributed by atoms with van der Waals surface area (Å²) < 4.78 is 0. The lowest BCUT2D eigenvalue weighted by atomic mass is 9.96. The Labute approximate surface area is 191 Å². The van der Waals surface area contributed by atoms with Gasteiger partial charge >= 0.3 is 0 Å². The molecule has 1 aliphatic rings. The first-order valence-corrected chi connectivity index (χ1v) is 11.8. The molecule has 1 heterocycles. The van der Waals surface area contributed by atoms with Gasteiger partial charge in [-0.1, -0.05) is 80.9 Å². The van der Waals surface area contributed by atoms with Gasteiger partial charge in [-0.15, -0.1) is 0 Å². The van der Waals surface area contributed by atoms with Gasteiger partial charge in [-0.05, 0) is 43.2 Å². The van der Waals surface area contributed by atoms with E-state index in [4.69, 9.17) is 0 Å². The highest BCUT2D eigenvalue weighted by molar-refractivity contribution is 5.94. The first-order chi connectivity index (χ1) is 15.7. The number of aromatic nitrogens is 2. The molecule has 0 bridgehead atoms. The van der Waals surface area contributed by atoms with E-state index in [1.807, 2.05) is 36.4 Å². The lowest BCUT2D eigenvalue weighted by Gasteiger charge is -2.16. The van der Waals surface area contributed by atoms with Gasteiger partial charge in [0.05, 0.1) is 12.6 Å². The predicted octanol–water partition coefficient (Wildman–Crippen LogP) is 5.34. The summed E-state index contributed by atoms with van der Waals surface area (Å²) in [6, 6.07) is 19.6. The molecule has 0 saturated heterocycles. The van der Waals surface area contributed by atoms with Crippen LogP contribution in [0.5, 0.6) is 0 Å². The van der Waals surface area contributed by atoms with Gasteiger partial charge in [-0.25, -0.2) is 0 Å². The molecule has 1 aliphatic carbocycles. The van der Waals surface area contributed by atoms with Crippen molar-refractivity contribution in [2.45, 2.75) is 64.3 Å². The summed E-state index contributed by atoms with van der Waals surface area (Å²) in [6.07, 6.45) is 6.51. The monoisotopic (exact) mass is 433 g/mol. The lowest BCUT2D eigenvalue weighted by Crippen LogP contribution is -2.31. The summed E-state index contributed by atoms with van der Waals surface area (Å²) in [5, 5.41) is 20.0. The molecule has 0 spiro atoms. The second-order valence-corrected chi connectivity index (χ2v) is 8.27. The standard InChI is InChI=1S/C19H25N3O2.C8H10/c1-2-13-8-6-7-11-15-17(13)21-22-18(15)19(24)20-16(12-23)14-9-4-3-5-10-14;1-2-8-6-4-3-5-7-8/h3-5,9-10,13,16,23H,2,6-8,11-12H2,1H3,(H,20,24)(H,21,22);3-7H,2H2,1H3/t13-,16-;/m0./s1. The highest BCUT2D eigenvalue weighted by Gasteiger charge is 2.26. The molecule has 5 heteroatoms. The van der Waals surface area contributed by atoms with Crippen LogP contribution in [0, 0.1) is 0 Å². The molecule has 2 aromatic carbocycles. The number of hydrogen-bond donors (Lipinski definition) is 3. The second-order valence-electron chi connectivity index (χ2n) is 8.27. The number of rotatable bonds is 6. The number of aryl methyl sites for hydroxylation is 1. The summed E-state index contributed by atoms with van der Waals surface area (Å²) in [6.45, 7) is 4.20. The van der Waals surface area contributed by atoms with E-state index in [-0.39, 0.29) is 12.5 Å². The van der Waals surface area contributed by atoms with Crippen LogP contribution >= 0.6 is 0 Å². The van der Waals surface area contributed by atoms with E-state index in [1.165, 1.54) is 12.0 Å². The van der Waals surface area contributed by atoms with E-state index in [2.05, 4.69) is 53.6 Å². The van der Waals surface area contributed by atoms with Crippen LogP contribution in [0.15, 0.2) is 60.7 Å². The minimum absolute atomic E-state index is 0.139. The maximum Gasteiger partial charge on any atom is 0.272 e. The van der Waals surface area contributed by atoms with Gasteiger partial charge < -0.3 is 10.4 Å². The van der Waals surface area contributed by atoms with Crippen molar-refractivity contribution in [1.82, 2.24) is 15.5 Å². The average molecular weight is 434 g/mol. The first-order valence-electron chi connectivity index (χ1n) is 11.8. The molecule has 3 N–H and O–H groups in total. The maximum absolute atomic E-state index is 12.7. The van der Waals surface area contributed by atoms with E-state index in [9.17, 15) is 9.90 Å². The van der Waals surface area contributed by atoms with Crippen molar-refractivity contribution in [3.8, 4) is 0 Å². The van der Waals surface area contributed by atoms with Crippen LogP contribution in [0.1, 0.15) is 84.4 Å². The number of carbonyl (C=O) groups is 1.